The number of hydrogen-bond donors (Lipinski definition) is 2. The Balaban J connectivity index is 1.19. The maximum absolute atomic E-state index is 13.4. The van der Waals surface area contributed by atoms with E-state index in [9.17, 15) is 22.4 Å². The van der Waals surface area contributed by atoms with Gasteiger partial charge in [0.25, 0.3) is 0 Å². The zero-order valence-corrected chi connectivity index (χ0v) is 16.4. The van der Waals surface area contributed by atoms with E-state index in [0.29, 0.717) is 24.3 Å². The highest BCUT2D eigenvalue weighted by molar-refractivity contribution is 5.90. The average Bonchev–Trinajstić information content (AvgIpc) is 3.26. The van der Waals surface area contributed by atoms with Crippen molar-refractivity contribution in [3.05, 3.63) is 77.8 Å². The van der Waals surface area contributed by atoms with Gasteiger partial charge in [0.2, 0.25) is 0 Å². The molecule has 32 heavy (non-hydrogen) atoms. The maximum Gasteiger partial charge on any atom is 0.419 e. The highest BCUT2D eigenvalue weighted by atomic mass is 19.4. The number of rotatable bonds is 4. The quantitative estimate of drug-likeness (QED) is 0.671. The van der Waals surface area contributed by atoms with Crippen molar-refractivity contribution in [2.24, 2.45) is 11.8 Å². The van der Waals surface area contributed by atoms with Crippen LogP contribution in [0.1, 0.15) is 12.0 Å². The third-order valence-electron chi connectivity index (χ3n) is 5.69. The molecule has 1 aromatic carbocycles. The molecule has 1 saturated heterocycles. The third-order valence-corrected chi connectivity index (χ3v) is 5.69. The lowest BCUT2D eigenvalue weighted by atomic mass is 9.93. The van der Waals surface area contributed by atoms with E-state index >= 15 is 0 Å². The molecular weight excluding hydrogens is 430 g/mol. The lowest BCUT2D eigenvalue weighted by Gasteiger charge is -2.22. The van der Waals surface area contributed by atoms with Crippen molar-refractivity contribution >= 4 is 11.7 Å². The van der Waals surface area contributed by atoms with Gasteiger partial charge >= 0.3 is 12.2 Å². The van der Waals surface area contributed by atoms with Gasteiger partial charge in [-0.25, -0.2) is 9.18 Å². The van der Waals surface area contributed by atoms with E-state index in [4.69, 9.17) is 9.47 Å². The van der Waals surface area contributed by atoms with Crippen LogP contribution in [0, 0.1) is 17.7 Å². The summed E-state index contributed by atoms with van der Waals surface area (Å²) in [5, 5.41) is 5.06. The maximum atomic E-state index is 13.4. The SMILES string of the molecule is O=C(Nc1ccc(F)c(C(F)(F)F)c1)NC1[C@@H]2C3CC(Oc4ccncc4)=CC=C3O[C@H]12. The Morgan fingerprint density at radius 2 is 1.94 bits per heavy atom. The molecule has 2 aliphatic carbocycles. The molecule has 6 nitrogen and oxygen atoms in total. The molecule has 1 aliphatic heterocycles. The number of fused-ring (bicyclic) bond motifs is 3. The Hall–Kier alpha value is -3.56. The number of hydrogen-bond acceptors (Lipinski definition) is 4. The number of amides is 2. The summed E-state index contributed by atoms with van der Waals surface area (Å²) in [5.74, 6) is 0.929. The Morgan fingerprint density at radius 3 is 2.69 bits per heavy atom. The first-order valence-electron chi connectivity index (χ1n) is 9.89. The summed E-state index contributed by atoms with van der Waals surface area (Å²) in [6.45, 7) is 0. The van der Waals surface area contributed by atoms with Gasteiger partial charge in [-0.3, -0.25) is 4.98 Å². The fourth-order valence-electron chi connectivity index (χ4n) is 4.18. The second-order valence-electron chi connectivity index (χ2n) is 7.77. The smallest absolute Gasteiger partial charge is 0.419 e. The first-order chi connectivity index (χ1) is 15.3. The van der Waals surface area contributed by atoms with Crippen molar-refractivity contribution in [3.8, 4) is 5.75 Å². The normalized spacial score (nSPS) is 25.5. The van der Waals surface area contributed by atoms with Crippen molar-refractivity contribution in [2.45, 2.75) is 24.7 Å². The number of aromatic nitrogens is 1. The Kier molecular flexibility index (Phi) is 4.79. The second-order valence-corrected chi connectivity index (χ2v) is 7.77. The number of alkyl halides is 3. The highest BCUT2D eigenvalue weighted by Gasteiger charge is 2.64. The molecule has 1 saturated carbocycles. The van der Waals surface area contributed by atoms with Crippen LogP contribution in [0.3, 0.4) is 0 Å². The molecular formula is C22H17F4N3O3. The minimum absolute atomic E-state index is 0.0368. The molecule has 10 heteroatoms. The predicted octanol–water partition coefficient (Wildman–Crippen LogP) is 4.62. The number of allylic oxidation sites excluding steroid dienone is 4. The number of nitrogens with zero attached hydrogens (tertiary/aromatic N) is 1. The first kappa shape index (κ1) is 20.3. The van der Waals surface area contributed by atoms with E-state index in [-0.39, 0.29) is 29.7 Å². The van der Waals surface area contributed by atoms with E-state index in [0.717, 1.165) is 17.6 Å². The lowest BCUT2D eigenvalue weighted by molar-refractivity contribution is -0.139. The van der Waals surface area contributed by atoms with E-state index < -0.39 is 23.6 Å². The number of pyridine rings is 1. The van der Waals surface area contributed by atoms with Crippen molar-refractivity contribution in [2.75, 3.05) is 5.32 Å². The van der Waals surface area contributed by atoms with Gasteiger partial charge in [0.15, 0.2) is 0 Å². The Morgan fingerprint density at radius 1 is 1.16 bits per heavy atom. The minimum atomic E-state index is -4.85. The predicted molar refractivity (Wildman–Crippen MR) is 105 cm³/mol. The number of nitrogens with one attached hydrogen (secondary N) is 2. The molecule has 1 aromatic heterocycles. The second kappa shape index (κ2) is 7.54. The summed E-state index contributed by atoms with van der Waals surface area (Å²) in [6.07, 6.45) is 2.50. The summed E-state index contributed by atoms with van der Waals surface area (Å²) in [7, 11) is 0. The number of benzene rings is 1. The minimum Gasteiger partial charge on any atom is -0.492 e. The van der Waals surface area contributed by atoms with Crippen LogP contribution < -0.4 is 15.4 Å². The van der Waals surface area contributed by atoms with E-state index in [1.165, 1.54) is 0 Å². The fourth-order valence-corrected chi connectivity index (χ4v) is 4.18. The molecule has 2 fully saturated rings. The summed E-state index contributed by atoms with van der Waals surface area (Å²) in [5.41, 5.74) is -1.59. The molecule has 2 heterocycles. The number of ether oxygens (including phenoxy) is 2. The van der Waals surface area contributed by atoms with Gasteiger partial charge in [-0.2, -0.15) is 13.2 Å². The van der Waals surface area contributed by atoms with Crippen LogP contribution >= 0.6 is 0 Å². The zero-order valence-electron chi connectivity index (χ0n) is 16.4. The molecule has 2 N–H and O–H groups in total. The number of urea groups is 1. The van der Waals surface area contributed by atoms with Crippen LogP contribution in [0.15, 0.2) is 66.4 Å². The number of carbonyl (C=O) groups excluding carboxylic acids is 1. The fraction of sp³-hybridized carbons (Fsp3) is 0.273. The molecule has 0 spiro atoms. The number of anilines is 1. The van der Waals surface area contributed by atoms with Gasteiger partial charge < -0.3 is 20.1 Å². The van der Waals surface area contributed by atoms with Gasteiger partial charge in [-0.15, -0.1) is 0 Å². The number of halogens is 4. The zero-order chi connectivity index (χ0) is 22.5. The Labute approximate surface area is 179 Å². The topological polar surface area (TPSA) is 72.5 Å². The van der Waals surface area contributed by atoms with Gasteiger partial charge in [-0.1, -0.05) is 0 Å². The van der Waals surface area contributed by atoms with Crippen LogP contribution in [-0.4, -0.2) is 23.2 Å². The molecule has 3 aliphatic rings. The molecule has 2 amide bonds. The van der Waals surface area contributed by atoms with Crippen LogP contribution in [0.2, 0.25) is 0 Å². The molecule has 0 radical (unpaired) electrons. The van der Waals surface area contributed by atoms with Gasteiger partial charge in [-0.05, 0) is 42.5 Å². The van der Waals surface area contributed by atoms with E-state index in [1.807, 2.05) is 12.2 Å². The molecule has 4 atom stereocenters. The third kappa shape index (κ3) is 3.88. The van der Waals surface area contributed by atoms with Crippen molar-refractivity contribution < 1.29 is 31.8 Å². The van der Waals surface area contributed by atoms with Crippen LogP contribution in [0.25, 0.3) is 0 Å². The van der Waals surface area contributed by atoms with Crippen LogP contribution in [0.5, 0.6) is 5.75 Å². The van der Waals surface area contributed by atoms with Crippen molar-refractivity contribution in [1.29, 1.82) is 0 Å². The van der Waals surface area contributed by atoms with Gasteiger partial charge in [0.05, 0.1) is 11.6 Å². The number of carbonyl (C=O) groups is 1. The highest BCUT2D eigenvalue weighted by Crippen LogP contribution is 2.55. The van der Waals surface area contributed by atoms with Crippen molar-refractivity contribution in [3.63, 3.8) is 0 Å². The van der Waals surface area contributed by atoms with Gasteiger partial charge in [0.1, 0.15) is 29.2 Å². The van der Waals surface area contributed by atoms with Crippen molar-refractivity contribution in [1.82, 2.24) is 10.3 Å². The Bertz CT molecular complexity index is 1120. The lowest BCUT2D eigenvalue weighted by Crippen LogP contribution is -2.35. The summed E-state index contributed by atoms with van der Waals surface area (Å²) < 4.78 is 63.8. The standard InChI is InChI=1S/C22H17F4N3O3/c23-16-3-1-11(9-15(16)22(24,25)26)28-21(30)29-19-18-14-10-13(2-4-17(14)32-20(18)19)31-12-5-7-27-8-6-12/h1-9,14,18-20H,10H2,(H2,28,29,30)/t14?,18-,19?,20-/m0/s1. The molecule has 2 unspecified atom stereocenters. The average molecular weight is 447 g/mol. The summed E-state index contributed by atoms with van der Waals surface area (Å²) in [4.78, 5) is 16.2. The molecule has 0 bridgehead atoms. The van der Waals surface area contributed by atoms with Crippen LogP contribution in [-0.2, 0) is 10.9 Å². The van der Waals surface area contributed by atoms with E-state index in [2.05, 4.69) is 15.6 Å². The largest absolute Gasteiger partial charge is 0.492 e. The van der Waals surface area contributed by atoms with Crippen LogP contribution in [0.4, 0.5) is 28.0 Å². The molecule has 5 rings (SSSR count). The van der Waals surface area contributed by atoms with Gasteiger partial charge in [0, 0.05) is 36.3 Å². The molecule has 2 aromatic rings. The molecule has 166 valence electrons. The monoisotopic (exact) mass is 447 g/mol. The first-order valence-corrected chi connectivity index (χ1v) is 9.89. The van der Waals surface area contributed by atoms with E-state index in [1.54, 1.807) is 24.5 Å². The summed E-state index contributed by atoms with van der Waals surface area (Å²) >= 11 is 0. The summed E-state index contributed by atoms with van der Waals surface area (Å²) in [6, 6.07) is 4.85.